The van der Waals surface area contributed by atoms with Crippen molar-refractivity contribution >= 4 is 23.6 Å². The summed E-state index contributed by atoms with van der Waals surface area (Å²) in [5.41, 5.74) is 5.39. The predicted octanol–water partition coefficient (Wildman–Crippen LogP) is -2.40. The molecule has 9 nitrogen and oxygen atoms in total. The molecule has 0 aromatic carbocycles. The van der Waals surface area contributed by atoms with Gasteiger partial charge in [0.25, 0.3) is 5.91 Å². The highest BCUT2D eigenvalue weighted by atomic mass is 16.2. The molecule has 0 aliphatic rings. The summed E-state index contributed by atoms with van der Waals surface area (Å²) in [6, 6.07) is -1.56. The van der Waals surface area contributed by atoms with E-state index in [2.05, 4.69) is 21.3 Å². The zero-order valence-electron chi connectivity index (χ0n) is 14.0. The van der Waals surface area contributed by atoms with Gasteiger partial charge >= 0.3 is 0 Å². The number of hydrogen-bond acceptors (Lipinski definition) is 5. The minimum absolute atomic E-state index is 0.320. The summed E-state index contributed by atoms with van der Waals surface area (Å²) in [5, 5.41) is 9.62. The second-order valence-electron chi connectivity index (χ2n) is 5.08. The summed E-state index contributed by atoms with van der Waals surface area (Å²) in [5.74, 6) is -0.241. The third-order valence-corrected chi connectivity index (χ3v) is 3.14. The van der Waals surface area contributed by atoms with Crippen LogP contribution in [0.15, 0.2) is 0 Å². The lowest BCUT2D eigenvalue weighted by Gasteiger charge is -2.17. The number of unbranched alkanes of at least 4 members (excludes halogenated alkanes) is 1. The fourth-order valence-electron chi connectivity index (χ4n) is 1.83. The molecule has 0 aliphatic heterocycles. The van der Waals surface area contributed by atoms with Crippen molar-refractivity contribution in [1.29, 1.82) is 0 Å². The van der Waals surface area contributed by atoms with Crippen molar-refractivity contribution in [3.05, 3.63) is 0 Å². The van der Waals surface area contributed by atoms with Crippen LogP contribution in [0.3, 0.4) is 0 Å². The maximum Gasteiger partial charge on any atom is 0.296 e. The van der Waals surface area contributed by atoms with Crippen LogP contribution in [0.2, 0.25) is 0 Å². The smallest absolute Gasteiger partial charge is 0.296 e. The van der Waals surface area contributed by atoms with Crippen molar-refractivity contribution in [3.63, 3.8) is 0 Å². The molecule has 4 amide bonds. The molecule has 0 saturated carbocycles. The fourth-order valence-corrected chi connectivity index (χ4v) is 1.83. The minimum atomic E-state index is -0.843. The molecule has 0 heterocycles. The van der Waals surface area contributed by atoms with Crippen molar-refractivity contribution in [2.75, 3.05) is 20.1 Å². The Bertz CT molecular complexity index is 501. The Morgan fingerprint density at radius 3 is 2.33 bits per heavy atom. The quantitative estimate of drug-likeness (QED) is 0.223. The van der Waals surface area contributed by atoms with Gasteiger partial charge in [-0.15, -0.1) is 6.42 Å². The standard InChI is InChI=1S/C15H25N5O4/c1-4-12(21)20-11(7-5-6-8-16)15(24)18-9-13(22)19-10(2)14(23)17-3/h1,10-11H,5-9,16H2,2-3H3,(H,17,23)(H,18,24)(H,19,22)(H,20,21). The fraction of sp³-hybridized carbons (Fsp3) is 0.600. The van der Waals surface area contributed by atoms with Crippen LogP contribution < -0.4 is 27.0 Å². The highest BCUT2D eigenvalue weighted by Crippen LogP contribution is 2.00. The molecule has 0 spiro atoms. The van der Waals surface area contributed by atoms with Crippen molar-refractivity contribution in [1.82, 2.24) is 21.3 Å². The molecule has 0 aromatic rings. The summed E-state index contributed by atoms with van der Waals surface area (Å²) >= 11 is 0. The minimum Gasteiger partial charge on any atom is -0.357 e. The Morgan fingerprint density at radius 1 is 1.12 bits per heavy atom. The second-order valence-corrected chi connectivity index (χ2v) is 5.08. The van der Waals surface area contributed by atoms with Crippen molar-refractivity contribution < 1.29 is 19.2 Å². The molecule has 9 heteroatoms. The van der Waals surface area contributed by atoms with E-state index in [1.54, 1.807) is 0 Å². The number of amides is 4. The number of likely N-dealkylation sites (N-methyl/N-ethyl adjacent to an activating group) is 1. The topological polar surface area (TPSA) is 142 Å². The zero-order chi connectivity index (χ0) is 18.5. The van der Waals surface area contributed by atoms with Crippen LogP contribution in [0.1, 0.15) is 26.2 Å². The first kappa shape index (κ1) is 21.4. The van der Waals surface area contributed by atoms with Crippen LogP contribution in [0, 0.1) is 12.3 Å². The second kappa shape index (κ2) is 11.9. The first-order chi connectivity index (χ1) is 11.3. The highest BCUT2D eigenvalue weighted by molar-refractivity contribution is 5.97. The van der Waals surface area contributed by atoms with Crippen molar-refractivity contribution in [2.24, 2.45) is 5.73 Å². The molecule has 2 atom stereocenters. The summed E-state index contributed by atoms with van der Waals surface area (Å²) in [6.45, 7) is 1.66. The number of nitrogens with two attached hydrogens (primary N) is 1. The summed E-state index contributed by atoms with van der Waals surface area (Å²) < 4.78 is 0. The third kappa shape index (κ3) is 8.75. The van der Waals surface area contributed by atoms with Gasteiger partial charge in [-0.2, -0.15) is 0 Å². The molecular weight excluding hydrogens is 314 g/mol. The van der Waals surface area contributed by atoms with E-state index in [1.807, 2.05) is 5.92 Å². The molecule has 0 aliphatic carbocycles. The van der Waals surface area contributed by atoms with Crippen LogP contribution in [0.4, 0.5) is 0 Å². The normalized spacial score (nSPS) is 12.2. The average molecular weight is 339 g/mol. The van der Waals surface area contributed by atoms with E-state index in [-0.39, 0.29) is 12.5 Å². The van der Waals surface area contributed by atoms with Gasteiger partial charge in [0.05, 0.1) is 6.54 Å². The van der Waals surface area contributed by atoms with Gasteiger partial charge in [0.1, 0.15) is 12.1 Å². The van der Waals surface area contributed by atoms with Gasteiger partial charge in [-0.25, -0.2) is 0 Å². The van der Waals surface area contributed by atoms with Crippen LogP contribution in [0.25, 0.3) is 0 Å². The molecule has 0 radical (unpaired) electrons. The Labute approximate surface area is 141 Å². The van der Waals surface area contributed by atoms with Gasteiger partial charge in [-0.1, -0.05) is 0 Å². The number of terminal acetylenes is 1. The van der Waals surface area contributed by atoms with Crippen LogP contribution in [-0.4, -0.2) is 55.8 Å². The summed E-state index contributed by atoms with van der Waals surface area (Å²) in [6.07, 6.45) is 6.65. The Hall–Kier alpha value is -2.60. The number of nitrogens with one attached hydrogen (secondary N) is 4. The molecule has 2 unspecified atom stereocenters. The van der Waals surface area contributed by atoms with E-state index in [4.69, 9.17) is 12.2 Å². The average Bonchev–Trinajstić information content (AvgIpc) is 2.57. The van der Waals surface area contributed by atoms with E-state index < -0.39 is 29.8 Å². The van der Waals surface area contributed by atoms with Gasteiger partial charge in [-0.05, 0) is 38.7 Å². The molecule has 0 fully saturated rings. The predicted molar refractivity (Wildman–Crippen MR) is 88.4 cm³/mol. The Morgan fingerprint density at radius 2 is 1.79 bits per heavy atom. The lowest BCUT2D eigenvalue weighted by molar-refractivity contribution is -0.130. The van der Waals surface area contributed by atoms with E-state index in [9.17, 15) is 19.2 Å². The number of carbonyl (C=O) groups is 4. The first-order valence-corrected chi connectivity index (χ1v) is 7.61. The Balaban J connectivity index is 4.48. The number of hydrogen-bond donors (Lipinski definition) is 5. The number of carbonyl (C=O) groups excluding carboxylic acids is 4. The van der Waals surface area contributed by atoms with Gasteiger partial charge < -0.3 is 27.0 Å². The molecule has 6 N–H and O–H groups in total. The molecule has 0 saturated heterocycles. The lowest BCUT2D eigenvalue weighted by Crippen LogP contribution is -2.51. The molecule has 0 rings (SSSR count). The molecule has 134 valence electrons. The highest BCUT2D eigenvalue weighted by Gasteiger charge is 2.21. The zero-order valence-corrected chi connectivity index (χ0v) is 14.0. The van der Waals surface area contributed by atoms with E-state index in [0.29, 0.717) is 25.8 Å². The Kier molecular flexibility index (Phi) is 10.6. The van der Waals surface area contributed by atoms with E-state index in [1.165, 1.54) is 14.0 Å². The molecule has 0 aromatic heterocycles. The van der Waals surface area contributed by atoms with Gasteiger partial charge in [0.15, 0.2) is 0 Å². The van der Waals surface area contributed by atoms with Gasteiger partial charge in [0.2, 0.25) is 17.7 Å². The summed E-state index contributed by atoms with van der Waals surface area (Å²) in [4.78, 5) is 46.4. The van der Waals surface area contributed by atoms with Crippen LogP contribution in [0.5, 0.6) is 0 Å². The third-order valence-electron chi connectivity index (χ3n) is 3.14. The van der Waals surface area contributed by atoms with Gasteiger partial charge in [0, 0.05) is 7.05 Å². The summed E-state index contributed by atoms with van der Waals surface area (Å²) in [7, 11) is 1.45. The SMILES string of the molecule is C#CC(=O)NC(CCCCN)C(=O)NCC(=O)NC(C)C(=O)NC. The lowest BCUT2D eigenvalue weighted by atomic mass is 10.1. The largest absolute Gasteiger partial charge is 0.357 e. The van der Waals surface area contributed by atoms with Crippen molar-refractivity contribution in [3.8, 4) is 12.3 Å². The van der Waals surface area contributed by atoms with Crippen molar-refractivity contribution in [2.45, 2.75) is 38.3 Å². The first-order valence-electron chi connectivity index (χ1n) is 7.61. The van der Waals surface area contributed by atoms with E-state index in [0.717, 1.165) is 0 Å². The van der Waals surface area contributed by atoms with Gasteiger partial charge in [-0.3, -0.25) is 19.2 Å². The van der Waals surface area contributed by atoms with Crippen LogP contribution >= 0.6 is 0 Å². The van der Waals surface area contributed by atoms with E-state index >= 15 is 0 Å². The maximum absolute atomic E-state index is 12.1. The molecule has 24 heavy (non-hydrogen) atoms. The number of rotatable bonds is 10. The molecular formula is C15H25N5O4. The maximum atomic E-state index is 12.1. The monoisotopic (exact) mass is 339 g/mol. The molecule has 0 bridgehead atoms. The van der Waals surface area contributed by atoms with Crippen LogP contribution in [-0.2, 0) is 19.2 Å².